The summed E-state index contributed by atoms with van der Waals surface area (Å²) < 4.78 is 10.4. The minimum atomic E-state index is -0.288. The highest BCUT2D eigenvalue weighted by molar-refractivity contribution is 5.82. The topological polar surface area (TPSA) is 52.6 Å². The Morgan fingerprint density at radius 2 is 1.81 bits per heavy atom. The van der Waals surface area contributed by atoms with Crippen molar-refractivity contribution >= 4 is 11.8 Å². The van der Waals surface area contributed by atoms with Crippen molar-refractivity contribution < 1.29 is 19.1 Å². The fourth-order valence-electron chi connectivity index (χ4n) is 7.39. The van der Waals surface area contributed by atoms with E-state index in [1.54, 1.807) is 0 Å². The highest BCUT2D eigenvalue weighted by Crippen LogP contribution is 2.93. The number of benzene rings is 1. The monoisotopic (exact) mass is 368 g/mol. The van der Waals surface area contributed by atoms with E-state index in [4.69, 9.17) is 9.47 Å². The summed E-state index contributed by atoms with van der Waals surface area (Å²) in [6.45, 7) is 2.53. The van der Waals surface area contributed by atoms with Gasteiger partial charge in [0.05, 0.1) is 13.2 Å². The van der Waals surface area contributed by atoms with Crippen molar-refractivity contribution in [2.24, 2.45) is 28.6 Å². The van der Waals surface area contributed by atoms with Crippen molar-refractivity contribution in [1.29, 1.82) is 0 Å². The Balaban J connectivity index is 1.12. The quantitative estimate of drug-likeness (QED) is 0.493. The first-order chi connectivity index (χ1) is 13.0. The molecule has 1 aromatic carbocycles. The lowest BCUT2D eigenvalue weighted by atomic mass is 9.13. The largest absolute Gasteiger partial charge is 0.463 e. The Morgan fingerprint density at radius 3 is 2.48 bits per heavy atom. The highest BCUT2D eigenvalue weighted by Gasteiger charge is 2.87. The molecule has 0 aliphatic heterocycles. The Hall–Kier alpha value is -1.68. The molecule has 144 valence electrons. The summed E-state index contributed by atoms with van der Waals surface area (Å²) >= 11 is 0. The van der Waals surface area contributed by atoms with Crippen LogP contribution >= 0.6 is 0 Å². The van der Waals surface area contributed by atoms with E-state index < -0.39 is 0 Å². The zero-order valence-electron chi connectivity index (χ0n) is 16.0. The standard InChI is InChI=1S/C23H28O4/c1-15(24)27-6-5-26-14-17-4-2-3-16(7-17)8-21(25)13-22-11-19-9-18-10-20(12-22)23(18,19)22/h2-4,7,18-20H,5-6,8-14H2,1H3. The van der Waals surface area contributed by atoms with E-state index in [0.717, 1.165) is 35.3 Å². The van der Waals surface area contributed by atoms with Crippen LogP contribution < -0.4 is 0 Å². The molecule has 5 rings (SSSR count). The number of carbonyl (C=O) groups is 2. The fraction of sp³-hybridized carbons (Fsp3) is 0.652. The average Bonchev–Trinajstić information content (AvgIpc) is 2.55. The van der Waals surface area contributed by atoms with E-state index in [0.29, 0.717) is 36.2 Å². The first kappa shape index (κ1) is 17.4. The summed E-state index contributed by atoms with van der Waals surface area (Å²) in [6, 6.07) is 8.12. The van der Waals surface area contributed by atoms with Gasteiger partial charge in [0.25, 0.3) is 0 Å². The summed E-state index contributed by atoms with van der Waals surface area (Å²) in [4.78, 5) is 23.5. The van der Waals surface area contributed by atoms with Crippen molar-refractivity contribution in [3.8, 4) is 0 Å². The van der Waals surface area contributed by atoms with E-state index in [9.17, 15) is 9.59 Å². The molecule has 27 heavy (non-hydrogen) atoms. The minimum Gasteiger partial charge on any atom is -0.463 e. The lowest BCUT2D eigenvalue weighted by Gasteiger charge is -2.91. The maximum Gasteiger partial charge on any atom is 0.302 e. The molecule has 4 saturated carbocycles. The molecule has 4 aliphatic carbocycles. The van der Waals surface area contributed by atoms with Gasteiger partial charge in [0.2, 0.25) is 0 Å². The molecule has 0 saturated heterocycles. The van der Waals surface area contributed by atoms with Crippen LogP contribution in [0.25, 0.3) is 0 Å². The van der Waals surface area contributed by atoms with Crippen LogP contribution in [0.15, 0.2) is 24.3 Å². The lowest BCUT2D eigenvalue weighted by molar-refractivity contribution is -0.430. The molecular formula is C23H28O4. The van der Waals surface area contributed by atoms with Gasteiger partial charge in [-0.2, -0.15) is 0 Å². The molecule has 0 radical (unpaired) electrons. The van der Waals surface area contributed by atoms with Gasteiger partial charge in [-0.3, -0.25) is 9.59 Å². The number of ketones is 1. The van der Waals surface area contributed by atoms with Crippen LogP contribution in [0, 0.1) is 28.6 Å². The molecule has 0 heterocycles. The first-order valence-corrected chi connectivity index (χ1v) is 10.3. The maximum absolute atomic E-state index is 12.8. The SMILES string of the molecule is CC(=O)OCCOCc1cccc(CC(=O)CC23CC4CC5CC(C2)C543)c1. The Bertz CT molecular complexity index is 757. The molecule has 4 heteroatoms. The van der Waals surface area contributed by atoms with Crippen LogP contribution in [0.5, 0.6) is 0 Å². The summed E-state index contributed by atoms with van der Waals surface area (Å²) in [5, 5.41) is 0. The first-order valence-electron chi connectivity index (χ1n) is 10.3. The summed E-state index contributed by atoms with van der Waals surface area (Å²) in [6.07, 6.45) is 6.89. The van der Waals surface area contributed by atoms with Crippen LogP contribution in [0.4, 0.5) is 0 Å². The van der Waals surface area contributed by atoms with E-state index in [1.807, 2.05) is 18.2 Å². The lowest BCUT2D eigenvalue weighted by Crippen LogP contribution is -2.85. The van der Waals surface area contributed by atoms with Crippen LogP contribution in [-0.2, 0) is 32.1 Å². The highest BCUT2D eigenvalue weighted by atomic mass is 16.6. The smallest absolute Gasteiger partial charge is 0.302 e. The average molecular weight is 368 g/mol. The molecule has 2 unspecified atom stereocenters. The zero-order chi connectivity index (χ0) is 18.6. The third kappa shape index (κ3) is 2.45. The van der Waals surface area contributed by atoms with Crippen molar-refractivity contribution in [1.82, 2.24) is 0 Å². The van der Waals surface area contributed by atoms with Gasteiger partial charge >= 0.3 is 5.97 Å². The number of rotatable bonds is 9. The van der Waals surface area contributed by atoms with Gasteiger partial charge in [0.1, 0.15) is 12.4 Å². The molecule has 4 fully saturated rings. The number of carbonyl (C=O) groups excluding carboxylic acids is 2. The summed E-state index contributed by atoms with van der Waals surface area (Å²) in [7, 11) is 0. The van der Waals surface area contributed by atoms with Gasteiger partial charge in [-0.15, -0.1) is 0 Å². The Labute approximate surface area is 160 Å². The predicted molar refractivity (Wildman–Crippen MR) is 99.9 cm³/mol. The third-order valence-corrected chi connectivity index (χ3v) is 8.09. The summed E-state index contributed by atoms with van der Waals surface area (Å²) in [5.41, 5.74) is 3.18. The van der Waals surface area contributed by atoms with Crippen LogP contribution in [-0.4, -0.2) is 25.0 Å². The number of hydrogen-bond acceptors (Lipinski definition) is 4. The molecule has 1 aromatic rings. The Kier molecular flexibility index (Phi) is 3.98. The van der Waals surface area contributed by atoms with Crippen LogP contribution in [0.2, 0.25) is 0 Å². The van der Waals surface area contributed by atoms with E-state index in [1.165, 1.54) is 32.6 Å². The van der Waals surface area contributed by atoms with Crippen LogP contribution in [0.3, 0.4) is 0 Å². The molecule has 0 bridgehead atoms. The van der Waals surface area contributed by atoms with Gasteiger partial charge in [0.15, 0.2) is 0 Å². The molecule has 0 amide bonds. The van der Waals surface area contributed by atoms with Gasteiger partial charge in [-0.05, 0) is 65.4 Å². The van der Waals surface area contributed by atoms with E-state index in [-0.39, 0.29) is 12.6 Å². The number of esters is 1. The molecule has 0 N–H and O–H groups in total. The van der Waals surface area contributed by atoms with E-state index >= 15 is 0 Å². The zero-order valence-corrected chi connectivity index (χ0v) is 16.0. The molecule has 4 nitrogen and oxygen atoms in total. The normalized spacial score (nSPS) is 36.9. The van der Waals surface area contributed by atoms with Crippen molar-refractivity contribution in [3.63, 3.8) is 0 Å². The van der Waals surface area contributed by atoms with Crippen molar-refractivity contribution in [3.05, 3.63) is 35.4 Å². The second-order valence-corrected chi connectivity index (χ2v) is 9.29. The number of Topliss-reactive ketones (excluding diaryl/α,β-unsaturated/α-hetero) is 1. The third-order valence-electron chi connectivity index (χ3n) is 8.09. The predicted octanol–water partition coefficient (Wildman–Crippen LogP) is 3.70. The molecule has 1 spiro atoms. The van der Waals surface area contributed by atoms with E-state index in [2.05, 4.69) is 6.07 Å². The fourth-order valence-corrected chi connectivity index (χ4v) is 7.39. The molecule has 0 aromatic heterocycles. The Morgan fingerprint density at radius 1 is 1.07 bits per heavy atom. The number of hydrogen-bond donors (Lipinski definition) is 0. The van der Waals surface area contributed by atoms with Crippen molar-refractivity contribution in [2.45, 2.75) is 52.1 Å². The second-order valence-electron chi connectivity index (χ2n) is 9.29. The number of ether oxygens (including phenoxy) is 2. The van der Waals surface area contributed by atoms with Gasteiger partial charge in [-0.25, -0.2) is 0 Å². The van der Waals surface area contributed by atoms with Crippen molar-refractivity contribution in [2.75, 3.05) is 13.2 Å². The molecule has 4 aliphatic rings. The maximum atomic E-state index is 12.8. The second kappa shape index (κ2) is 6.16. The molecule has 2 atom stereocenters. The summed E-state index contributed by atoms with van der Waals surface area (Å²) in [5.74, 6) is 3.02. The van der Waals surface area contributed by atoms with Gasteiger partial charge in [-0.1, -0.05) is 24.3 Å². The molecular weight excluding hydrogens is 340 g/mol. The van der Waals surface area contributed by atoms with Gasteiger partial charge < -0.3 is 9.47 Å². The minimum absolute atomic E-state index is 0.278. The van der Waals surface area contributed by atoms with Crippen LogP contribution in [0.1, 0.15) is 50.2 Å². The van der Waals surface area contributed by atoms with Gasteiger partial charge in [0, 0.05) is 19.8 Å².